The number of nitrogens with zero attached hydrogens (tertiary/aromatic N) is 3. The molecular weight excluding hydrogens is 430 g/mol. The second-order valence-corrected chi connectivity index (χ2v) is 9.74. The van der Waals surface area contributed by atoms with E-state index in [1.165, 1.54) is 11.1 Å². The Morgan fingerprint density at radius 3 is 2.47 bits per heavy atom. The number of carbonyl (C=O) groups excluding carboxylic acids is 1. The van der Waals surface area contributed by atoms with Crippen LogP contribution in [0.25, 0.3) is 0 Å². The van der Waals surface area contributed by atoms with Gasteiger partial charge in [0.1, 0.15) is 19.0 Å². The van der Waals surface area contributed by atoms with Crippen molar-refractivity contribution in [3.63, 3.8) is 0 Å². The molecule has 7 nitrogen and oxygen atoms in total. The first-order valence-electron chi connectivity index (χ1n) is 12.6. The van der Waals surface area contributed by atoms with Crippen LogP contribution in [0.5, 0.6) is 17.2 Å². The Hall–Kier alpha value is -2.77. The van der Waals surface area contributed by atoms with E-state index < -0.39 is 0 Å². The molecule has 0 spiro atoms. The van der Waals surface area contributed by atoms with Crippen molar-refractivity contribution in [2.75, 3.05) is 59.1 Å². The van der Waals surface area contributed by atoms with Crippen molar-refractivity contribution in [1.82, 2.24) is 14.7 Å². The number of rotatable bonds is 5. The van der Waals surface area contributed by atoms with Crippen LogP contribution in [-0.2, 0) is 17.8 Å². The lowest BCUT2D eigenvalue weighted by molar-refractivity contribution is -0.133. The van der Waals surface area contributed by atoms with Gasteiger partial charge in [0.25, 0.3) is 0 Å². The lowest BCUT2D eigenvalue weighted by atomic mass is 10.0. The third kappa shape index (κ3) is 4.46. The Bertz CT molecular complexity index is 1050. The summed E-state index contributed by atoms with van der Waals surface area (Å²) in [6.45, 7) is 8.13. The van der Waals surface area contributed by atoms with Gasteiger partial charge in [-0.15, -0.1) is 0 Å². The molecule has 6 rings (SSSR count). The number of benzene rings is 2. The quantitative estimate of drug-likeness (QED) is 0.680. The van der Waals surface area contributed by atoms with E-state index in [2.05, 4.69) is 45.0 Å². The van der Waals surface area contributed by atoms with Crippen LogP contribution >= 0.6 is 0 Å². The van der Waals surface area contributed by atoms with Crippen molar-refractivity contribution >= 4 is 5.91 Å². The van der Waals surface area contributed by atoms with E-state index >= 15 is 0 Å². The number of hydrogen-bond acceptors (Lipinski definition) is 6. The van der Waals surface area contributed by atoms with Crippen molar-refractivity contribution in [2.45, 2.75) is 31.8 Å². The highest BCUT2D eigenvalue weighted by Crippen LogP contribution is 2.38. The summed E-state index contributed by atoms with van der Waals surface area (Å²) < 4.78 is 17.1. The molecular formula is C27H33N3O4. The van der Waals surface area contributed by atoms with Gasteiger partial charge in [0.2, 0.25) is 5.91 Å². The van der Waals surface area contributed by atoms with Crippen LogP contribution in [0.3, 0.4) is 0 Å². The molecule has 7 heteroatoms. The van der Waals surface area contributed by atoms with Crippen LogP contribution in [0.1, 0.15) is 35.6 Å². The number of amides is 1. The predicted octanol–water partition coefficient (Wildman–Crippen LogP) is 2.87. The number of ether oxygens (including phenoxy) is 3. The van der Waals surface area contributed by atoms with Crippen molar-refractivity contribution in [3.05, 3.63) is 53.1 Å². The summed E-state index contributed by atoms with van der Waals surface area (Å²) in [6.07, 6.45) is 3.07. The summed E-state index contributed by atoms with van der Waals surface area (Å²) in [4.78, 5) is 20.2. The van der Waals surface area contributed by atoms with Gasteiger partial charge in [0, 0.05) is 45.7 Å². The molecule has 180 valence electrons. The second-order valence-electron chi connectivity index (χ2n) is 9.74. The lowest BCUT2D eigenvalue weighted by Gasteiger charge is -2.36. The Labute approximate surface area is 201 Å². The lowest BCUT2D eigenvalue weighted by Crippen LogP contribution is -2.49. The fourth-order valence-electron chi connectivity index (χ4n) is 5.66. The van der Waals surface area contributed by atoms with E-state index in [0.29, 0.717) is 19.8 Å². The summed E-state index contributed by atoms with van der Waals surface area (Å²) in [5.74, 6) is 2.89. The standard InChI is InChI=1S/C27H33N3O4/c31-27(30-8-1-2-23(30)21-4-6-25-26(17-21)34-15-14-33-25)19-29-11-9-28(10-12-29)18-20-3-5-24-22(16-20)7-13-32-24/h3-6,16-17,23H,1-2,7-15,18-19H2. The highest BCUT2D eigenvalue weighted by Gasteiger charge is 2.32. The van der Waals surface area contributed by atoms with Gasteiger partial charge in [-0.1, -0.05) is 18.2 Å². The zero-order valence-corrected chi connectivity index (χ0v) is 19.7. The Kier molecular flexibility index (Phi) is 6.05. The molecule has 2 fully saturated rings. The third-order valence-electron chi connectivity index (χ3n) is 7.51. The summed E-state index contributed by atoms with van der Waals surface area (Å²) in [5.41, 5.74) is 3.84. The molecule has 0 aromatic heterocycles. The zero-order chi connectivity index (χ0) is 22.9. The topological polar surface area (TPSA) is 54.5 Å². The van der Waals surface area contributed by atoms with Crippen LogP contribution in [0.2, 0.25) is 0 Å². The normalized spacial score (nSPS) is 22.5. The van der Waals surface area contributed by atoms with Crippen LogP contribution < -0.4 is 14.2 Å². The van der Waals surface area contributed by atoms with Gasteiger partial charge in [-0.3, -0.25) is 14.6 Å². The maximum absolute atomic E-state index is 13.3. The molecule has 0 bridgehead atoms. The van der Waals surface area contributed by atoms with Crippen molar-refractivity contribution in [2.24, 2.45) is 0 Å². The molecule has 34 heavy (non-hydrogen) atoms. The Morgan fingerprint density at radius 1 is 0.824 bits per heavy atom. The van der Waals surface area contributed by atoms with Crippen molar-refractivity contribution in [3.8, 4) is 17.2 Å². The number of piperazine rings is 1. The van der Waals surface area contributed by atoms with Gasteiger partial charge in [-0.05, 0) is 47.7 Å². The molecule has 0 aliphatic carbocycles. The predicted molar refractivity (Wildman–Crippen MR) is 128 cm³/mol. The van der Waals surface area contributed by atoms with Gasteiger partial charge >= 0.3 is 0 Å². The first-order chi connectivity index (χ1) is 16.7. The number of hydrogen-bond donors (Lipinski definition) is 0. The average Bonchev–Trinajstić information content (AvgIpc) is 3.54. The van der Waals surface area contributed by atoms with Gasteiger partial charge in [0.15, 0.2) is 11.5 Å². The minimum Gasteiger partial charge on any atom is -0.493 e. The molecule has 4 aliphatic rings. The van der Waals surface area contributed by atoms with Gasteiger partial charge in [-0.2, -0.15) is 0 Å². The molecule has 4 aliphatic heterocycles. The van der Waals surface area contributed by atoms with Gasteiger partial charge < -0.3 is 19.1 Å². The van der Waals surface area contributed by atoms with Gasteiger partial charge in [-0.25, -0.2) is 0 Å². The molecule has 0 radical (unpaired) electrons. The molecule has 1 unspecified atom stereocenters. The fraction of sp³-hybridized carbons (Fsp3) is 0.519. The minimum absolute atomic E-state index is 0.133. The Balaban J connectivity index is 1.03. The van der Waals surface area contributed by atoms with E-state index in [0.717, 1.165) is 87.9 Å². The smallest absolute Gasteiger partial charge is 0.237 e. The van der Waals surface area contributed by atoms with E-state index in [4.69, 9.17) is 14.2 Å². The molecule has 0 N–H and O–H groups in total. The molecule has 2 saturated heterocycles. The second kappa shape index (κ2) is 9.47. The Morgan fingerprint density at radius 2 is 1.59 bits per heavy atom. The summed E-state index contributed by atoms with van der Waals surface area (Å²) in [5, 5.41) is 0. The van der Waals surface area contributed by atoms with E-state index in [1.807, 2.05) is 6.07 Å². The van der Waals surface area contributed by atoms with Crippen LogP contribution in [0.15, 0.2) is 36.4 Å². The molecule has 2 aromatic carbocycles. The molecule has 2 aromatic rings. The highest BCUT2D eigenvalue weighted by atomic mass is 16.6. The third-order valence-corrected chi connectivity index (χ3v) is 7.51. The largest absolute Gasteiger partial charge is 0.493 e. The van der Waals surface area contributed by atoms with Crippen LogP contribution in [0, 0.1) is 0 Å². The first kappa shape index (κ1) is 21.7. The van der Waals surface area contributed by atoms with Crippen LogP contribution in [-0.4, -0.2) is 79.7 Å². The monoisotopic (exact) mass is 463 g/mol. The molecule has 4 heterocycles. The van der Waals surface area contributed by atoms with Crippen molar-refractivity contribution < 1.29 is 19.0 Å². The number of likely N-dealkylation sites (tertiary alicyclic amines) is 1. The molecule has 1 amide bonds. The van der Waals surface area contributed by atoms with Crippen LogP contribution in [0.4, 0.5) is 0 Å². The summed E-state index contributed by atoms with van der Waals surface area (Å²) in [6, 6.07) is 12.9. The summed E-state index contributed by atoms with van der Waals surface area (Å²) >= 11 is 0. The van der Waals surface area contributed by atoms with E-state index in [1.54, 1.807) is 0 Å². The maximum Gasteiger partial charge on any atom is 0.237 e. The number of carbonyl (C=O) groups is 1. The molecule has 0 saturated carbocycles. The van der Waals surface area contributed by atoms with Crippen molar-refractivity contribution in [1.29, 1.82) is 0 Å². The zero-order valence-electron chi connectivity index (χ0n) is 19.7. The average molecular weight is 464 g/mol. The molecule has 1 atom stereocenters. The SMILES string of the molecule is O=C(CN1CCN(Cc2ccc3c(c2)CCO3)CC1)N1CCCC1c1ccc2c(c1)OCCO2. The van der Waals surface area contributed by atoms with E-state index in [-0.39, 0.29) is 11.9 Å². The number of fused-ring (bicyclic) bond motifs is 2. The van der Waals surface area contributed by atoms with E-state index in [9.17, 15) is 4.79 Å². The summed E-state index contributed by atoms with van der Waals surface area (Å²) in [7, 11) is 0. The maximum atomic E-state index is 13.3. The minimum atomic E-state index is 0.133. The highest BCUT2D eigenvalue weighted by molar-refractivity contribution is 5.79. The fourth-order valence-corrected chi connectivity index (χ4v) is 5.66. The first-order valence-corrected chi connectivity index (χ1v) is 12.6. The van der Waals surface area contributed by atoms with Gasteiger partial charge in [0.05, 0.1) is 19.2 Å².